The Labute approximate surface area is 246 Å². The number of pyridine rings is 1. The highest BCUT2D eigenvalue weighted by atomic mass is 32.1. The molecule has 1 fully saturated rings. The molecular weight excluding hydrogens is 536 g/mol. The maximum atomic E-state index is 12.6. The van der Waals surface area contributed by atoms with Crippen molar-refractivity contribution in [3.8, 4) is 16.5 Å². The number of carbonyl (C=O) groups is 1. The second kappa shape index (κ2) is 12.6. The lowest BCUT2D eigenvalue weighted by atomic mass is 9.73. The van der Waals surface area contributed by atoms with Crippen molar-refractivity contribution >= 4 is 17.2 Å². The van der Waals surface area contributed by atoms with E-state index in [1.807, 2.05) is 29.8 Å². The third-order valence-corrected chi connectivity index (χ3v) is 8.74. The monoisotopic (exact) mass is 578 g/mol. The summed E-state index contributed by atoms with van der Waals surface area (Å²) in [6.07, 6.45) is 8.32. The van der Waals surface area contributed by atoms with Crippen LogP contribution in [0.15, 0.2) is 48.1 Å². The second-order valence-electron chi connectivity index (χ2n) is 12.7. The van der Waals surface area contributed by atoms with Gasteiger partial charge in [-0.3, -0.25) is 4.79 Å². The van der Waals surface area contributed by atoms with Gasteiger partial charge in [0.05, 0.1) is 12.1 Å². The highest BCUT2D eigenvalue weighted by Crippen LogP contribution is 2.48. The van der Waals surface area contributed by atoms with Gasteiger partial charge in [-0.1, -0.05) is 39.0 Å². The normalized spacial score (nSPS) is 19.1. The number of amides is 1. The fourth-order valence-electron chi connectivity index (χ4n) is 5.87. The molecule has 2 aliphatic rings. The highest BCUT2D eigenvalue weighted by molar-refractivity contribution is 7.13. The van der Waals surface area contributed by atoms with Crippen molar-refractivity contribution in [1.29, 1.82) is 0 Å². The van der Waals surface area contributed by atoms with Gasteiger partial charge < -0.3 is 25.2 Å². The highest BCUT2D eigenvalue weighted by Gasteiger charge is 2.46. The Morgan fingerprint density at radius 1 is 1.24 bits per heavy atom. The summed E-state index contributed by atoms with van der Waals surface area (Å²) in [6.45, 7) is 6.93. The third kappa shape index (κ3) is 7.52. The van der Waals surface area contributed by atoms with Crippen molar-refractivity contribution < 1.29 is 19.4 Å². The van der Waals surface area contributed by atoms with Crippen molar-refractivity contribution in [2.75, 3.05) is 20.3 Å². The van der Waals surface area contributed by atoms with Gasteiger partial charge in [0, 0.05) is 55.0 Å². The number of aliphatic hydroxyl groups is 1. The average molecular weight is 579 g/mol. The predicted molar refractivity (Wildman–Crippen MR) is 161 cm³/mol. The van der Waals surface area contributed by atoms with Gasteiger partial charge in [-0.05, 0) is 60.8 Å². The number of methoxy groups -OCH3 is 1. The van der Waals surface area contributed by atoms with Gasteiger partial charge in [-0.2, -0.15) is 0 Å². The van der Waals surface area contributed by atoms with E-state index in [0.717, 1.165) is 53.8 Å². The summed E-state index contributed by atoms with van der Waals surface area (Å²) in [6, 6.07) is 9.83. The number of aromatic nitrogens is 2. The number of benzene rings is 1. The lowest BCUT2D eigenvalue weighted by Gasteiger charge is -2.47. The molecule has 3 heterocycles. The minimum Gasteiger partial charge on any atom is -0.471 e. The lowest BCUT2D eigenvalue weighted by Crippen LogP contribution is -2.52. The number of aliphatic hydroxyl groups excluding tert-OH is 1. The van der Waals surface area contributed by atoms with Gasteiger partial charge in [0.2, 0.25) is 11.8 Å². The number of thiazole rings is 1. The molecular formula is C32H42N4O4S. The van der Waals surface area contributed by atoms with E-state index in [9.17, 15) is 9.90 Å². The summed E-state index contributed by atoms with van der Waals surface area (Å²) < 4.78 is 11.5. The molecule has 1 aliphatic carbocycles. The molecule has 3 aromatic rings. The maximum Gasteiger partial charge on any atom is 0.246 e. The van der Waals surface area contributed by atoms with Gasteiger partial charge in [0.25, 0.3) is 0 Å². The molecule has 1 aliphatic heterocycles. The van der Waals surface area contributed by atoms with E-state index in [-0.39, 0.29) is 29.6 Å². The zero-order chi connectivity index (χ0) is 29.0. The molecule has 1 aromatic carbocycles. The van der Waals surface area contributed by atoms with Crippen molar-refractivity contribution in [2.45, 2.75) is 83.1 Å². The van der Waals surface area contributed by atoms with E-state index in [0.29, 0.717) is 18.8 Å². The SMILES string of the molecule is COCC(=O)N[C@@H](Cc1cccc(-c2nccs2)c1)[C@H](O)CN[C@H]1CC2(CCC2)Oc2ncc(CC(C)(C)C)cc21. The summed E-state index contributed by atoms with van der Waals surface area (Å²) >= 11 is 1.58. The Morgan fingerprint density at radius 2 is 2.07 bits per heavy atom. The van der Waals surface area contributed by atoms with E-state index in [2.05, 4.69) is 48.5 Å². The van der Waals surface area contributed by atoms with Crippen LogP contribution in [0.1, 0.15) is 69.2 Å². The minimum atomic E-state index is -0.825. The van der Waals surface area contributed by atoms with Gasteiger partial charge in [0.1, 0.15) is 17.2 Å². The zero-order valence-electron chi connectivity index (χ0n) is 24.5. The van der Waals surface area contributed by atoms with Crippen LogP contribution in [-0.4, -0.2) is 59.0 Å². The quantitative estimate of drug-likeness (QED) is 0.298. The zero-order valence-corrected chi connectivity index (χ0v) is 25.3. The topological polar surface area (TPSA) is 106 Å². The fourth-order valence-corrected chi connectivity index (χ4v) is 6.50. The number of carbonyl (C=O) groups excluding carboxylic acids is 1. The van der Waals surface area contributed by atoms with Gasteiger partial charge in [0.15, 0.2) is 0 Å². The first-order valence-electron chi connectivity index (χ1n) is 14.5. The molecule has 0 radical (unpaired) electrons. The van der Waals surface area contributed by atoms with Crippen LogP contribution in [0, 0.1) is 5.41 Å². The van der Waals surface area contributed by atoms with Crippen LogP contribution in [0.5, 0.6) is 5.88 Å². The molecule has 2 aromatic heterocycles. The molecule has 1 amide bonds. The number of hydrogen-bond donors (Lipinski definition) is 3. The summed E-state index contributed by atoms with van der Waals surface area (Å²) in [5, 5.41) is 21.0. The largest absolute Gasteiger partial charge is 0.471 e. The number of nitrogens with one attached hydrogen (secondary N) is 2. The molecule has 0 saturated heterocycles. The Balaban J connectivity index is 1.33. The molecule has 8 nitrogen and oxygen atoms in total. The molecule has 5 rings (SSSR count). The van der Waals surface area contributed by atoms with Crippen LogP contribution in [0.25, 0.3) is 10.6 Å². The van der Waals surface area contributed by atoms with Crippen LogP contribution in [-0.2, 0) is 22.4 Å². The number of ether oxygens (including phenoxy) is 2. The Hall–Kier alpha value is -2.85. The summed E-state index contributed by atoms with van der Waals surface area (Å²) in [5.74, 6) is 0.443. The Kier molecular flexibility index (Phi) is 9.09. The molecule has 0 unspecified atom stereocenters. The lowest BCUT2D eigenvalue weighted by molar-refractivity contribution is -0.126. The first-order chi connectivity index (χ1) is 19.6. The number of hydrogen-bond acceptors (Lipinski definition) is 8. The first kappa shape index (κ1) is 29.6. The van der Waals surface area contributed by atoms with E-state index in [1.54, 1.807) is 17.5 Å². The average Bonchev–Trinajstić information content (AvgIpc) is 3.45. The number of nitrogens with zero attached hydrogens (tertiary/aromatic N) is 2. The van der Waals surface area contributed by atoms with E-state index >= 15 is 0 Å². The van der Waals surface area contributed by atoms with E-state index in [1.165, 1.54) is 12.7 Å². The number of rotatable bonds is 11. The summed E-state index contributed by atoms with van der Waals surface area (Å²) in [4.78, 5) is 21.7. The van der Waals surface area contributed by atoms with E-state index < -0.39 is 12.1 Å². The first-order valence-corrected chi connectivity index (χ1v) is 15.4. The predicted octanol–water partition coefficient (Wildman–Crippen LogP) is 4.86. The second-order valence-corrected chi connectivity index (χ2v) is 13.6. The fraction of sp³-hybridized carbons (Fsp3) is 0.531. The molecule has 1 spiro atoms. The molecule has 41 heavy (non-hydrogen) atoms. The van der Waals surface area contributed by atoms with Crippen molar-refractivity contribution in [3.63, 3.8) is 0 Å². The molecule has 0 bridgehead atoms. The third-order valence-electron chi connectivity index (χ3n) is 7.92. The standard InChI is InChI=1S/C32H42N4O4S/c1-31(2,3)16-22-14-24-26(17-32(9-6-10-32)40-29(24)35-18-22)34-19-27(37)25(36-28(38)20-39-4)15-21-7-5-8-23(13-21)30-33-11-12-41-30/h5,7-8,11-14,18,25-27,34,37H,6,9-10,15-17,19-20H2,1-4H3,(H,36,38)/t25-,26-,27+/m0/s1. The van der Waals surface area contributed by atoms with Gasteiger partial charge >= 0.3 is 0 Å². The van der Waals surface area contributed by atoms with Crippen molar-refractivity contribution in [3.05, 3.63) is 64.8 Å². The van der Waals surface area contributed by atoms with Crippen LogP contribution in [0.2, 0.25) is 0 Å². The van der Waals surface area contributed by atoms with Gasteiger partial charge in [-0.25, -0.2) is 9.97 Å². The Morgan fingerprint density at radius 3 is 2.76 bits per heavy atom. The van der Waals surface area contributed by atoms with Gasteiger partial charge in [-0.15, -0.1) is 11.3 Å². The number of fused-ring (bicyclic) bond motifs is 1. The molecule has 9 heteroatoms. The smallest absolute Gasteiger partial charge is 0.246 e. The summed E-state index contributed by atoms with van der Waals surface area (Å²) in [5.41, 5.74) is 4.23. The van der Waals surface area contributed by atoms with E-state index in [4.69, 9.17) is 14.5 Å². The van der Waals surface area contributed by atoms with Crippen LogP contribution in [0.4, 0.5) is 0 Å². The Bertz CT molecular complexity index is 1320. The van der Waals surface area contributed by atoms with Crippen LogP contribution < -0.4 is 15.4 Å². The van der Waals surface area contributed by atoms with Crippen molar-refractivity contribution in [1.82, 2.24) is 20.6 Å². The van der Waals surface area contributed by atoms with Crippen LogP contribution in [0.3, 0.4) is 0 Å². The maximum absolute atomic E-state index is 12.6. The molecule has 1 saturated carbocycles. The molecule has 220 valence electrons. The van der Waals surface area contributed by atoms with Crippen LogP contribution >= 0.6 is 11.3 Å². The molecule has 3 N–H and O–H groups in total. The molecule has 3 atom stereocenters. The summed E-state index contributed by atoms with van der Waals surface area (Å²) in [7, 11) is 1.49. The minimum absolute atomic E-state index is 0.00433. The van der Waals surface area contributed by atoms with Crippen molar-refractivity contribution in [2.24, 2.45) is 5.41 Å².